The van der Waals surface area contributed by atoms with Crippen LogP contribution in [0.4, 0.5) is 5.82 Å². The fourth-order valence-corrected chi connectivity index (χ4v) is 1.51. The van der Waals surface area contributed by atoms with E-state index < -0.39 is 0 Å². The van der Waals surface area contributed by atoms with Crippen LogP contribution in [-0.2, 0) is 6.42 Å². The molecule has 4 N–H and O–H groups in total. The number of para-hydroxylation sites is 1. The number of nitrogen functional groups attached to an aromatic ring is 1. The van der Waals surface area contributed by atoms with Crippen molar-refractivity contribution < 1.29 is 0 Å². The molecule has 2 rings (SSSR count). The molecule has 0 saturated heterocycles. The van der Waals surface area contributed by atoms with Gasteiger partial charge in [-0.25, -0.2) is 4.68 Å². The number of hydrogen-bond acceptors (Lipinski definition) is 3. The van der Waals surface area contributed by atoms with E-state index >= 15 is 0 Å². The van der Waals surface area contributed by atoms with Crippen molar-refractivity contribution in [2.45, 2.75) is 6.42 Å². The standard InChI is InChI=1S/C11H14N4/c12-7-6-9-8-14-15(11(9)13)10-4-2-1-3-5-10/h1-5,8H,6-7,12-13H2. The molecule has 0 aliphatic carbocycles. The lowest BCUT2D eigenvalue weighted by Gasteiger charge is -2.04. The second kappa shape index (κ2) is 4.14. The van der Waals surface area contributed by atoms with Crippen LogP contribution in [0.15, 0.2) is 36.5 Å². The van der Waals surface area contributed by atoms with E-state index in [-0.39, 0.29) is 0 Å². The molecule has 0 aliphatic rings. The summed E-state index contributed by atoms with van der Waals surface area (Å²) in [5.41, 5.74) is 13.4. The summed E-state index contributed by atoms with van der Waals surface area (Å²) in [7, 11) is 0. The van der Waals surface area contributed by atoms with Crippen molar-refractivity contribution in [3.8, 4) is 5.69 Å². The van der Waals surface area contributed by atoms with E-state index in [4.69, 9.17) is 11.5 Å². The molecule has 15 heavy (non-hydrogen) atoms. The maximum atomic E-state index is 5.97. The molecule has 78 valence electrons. The van der Waals surface area contributed by atoms with Gasteiger partial charge in [-0.2, -0.15) is 5.10 Å². The molecule has 1 aromatic carbocycles. The summed E-state index contributed by atoms with van der Waals surface area (Å²) in [6.45, 7) is 0.588. The van der Waals surface area contributed by atoms with Crippen LogP contribution in [-0.4, -0.2) is 16.3 Å². The smallest absolute Gasteiger partial charge is 0.130 e. The second-order valence-electron chi connectivity index (χ2n) is 3.34. The van der Waals surface area contributed by atoms with Crippen LogP contribution in [0.2, 0.25) is 0 Å². The van der Waals surface area contributed by atoms with Crippen LogP contribution in [0.25, 0.3) is 5.69 Å². The summed E-state index contributed by atoms with van der Waals surface area (Å²) >= 11 is 0. The average molecular weight is 202 g/mol. The third-order valence-electron chi connectivity index (χ3n) is 2.30. The minimum Gasteiger partial charge on any atom is -0.383 e. The van der Waals surface area contributed by atoms with Crippen molar-refractivity contribution in [2.75, 3.05) is 12.3 Å². The van der Waals surface area contributed by atoms with Gasteiger partial charge in [0.1, 0.15) is 5.82 Å². The summed E-state index contributed by atoms with van der Waals surface area (Å²) < 4.78 is 1.73. The SMILES string of the molecule is NCCc1cnn(-c2ccccc2)c1N. The predicted molar refractivity (Wildman–Crippen MR) is 60.7 cm³/mol. The third kappa shape index (κ3) is 1.85. The second-order valence-corrected chi connectivity index (χ2v) is 3.34. The van der Waals surface area contributed by atoms with Crippen molar-refractivity contribution >= 4 is 5.82 Å². The Labute approximate surface area is 88.5 Å². The van der Waals surface area contributed by atoms with Crippen LogP contribution in [0.3, 0.4) is 0 Å². The van der Waals surface area contributed by atoms with Gasteiger partial charge >= 0.3 is 0 Å². The Morgan fingerprint density at radius 2 is 1.93 bits per heavy atom. The van der Waals surface area contributed by atoms with Crippen molar-refractivity contribution in [3.05, 3.63) is 42.1 Å². The van der Waals surface area contributed by atoms with Gasteiger partial charge in [0.05, 0.1) is 11.9 Å². The molecule has 0 aliphatic heterocycles. The van der Waals surface area contributed by atoms with E-state index in [1.807, 2.05) is 30.3 Å². The molecular weight excluding hydrogens is 188 g/mol. The summed E-state index contributed by atoms with van der Waals surface area (Å²) in [4.78, 5) is 0. The lowest BCUT2D eigenvalue weighted by molar-refractivity contribution is 0.890. The van der Waals surface area contributed by atoms with Crippen LogP contribution >= 0.6 is 0 Å². The average Bonchev–Trinajstić information content (AvgIpc) is 2.63. The molecule has 0 bridgehead atoms. The molecule has 0 atom stereocenters. The van der Waals surface area contributed by atoms with E-state index in [0.717, 1.165) is 17.7 Å². The molecule has 4 heteroatoms. The van der Waals surface area contributed by atoms with E-state index in [0.29, 0.717) is 12.4 Å². The van der Waals surface area contributed by atoms with Crippen LogP contribution in [0, 0.1) is 0 Å². The minimum atomic E-state index is 0.588. The first-order valence-corrected chi connectivity index (χ1v) is 4.91. The van der Waals surface area contributed by atoms with Gasteiger partial charge in [0.15, 0.2) is 0 Å². The molecule has 0 amide bonds. The molecule has 0 spiro atoms. The number of nitrogens with zero attached hydrogens (tertiary/aromatic N) is 2. The van der Waals surface area contributed by atoms with Gasteiger partial charge in [0, 0.05) is 5.56 Å². The fraction of sp³-hybridized carbons (Fsp3) is 0.182. The molecule has 2 aromatic rings. The minimum absolute atomic E-state index is 0.588. The molecule has 0 saturated carbocycles. The molecule has 0 fully saturated rings. The quantitative estimate of drug-likeness (QED) is 0.778. The van der Waals surface area contributed by atoms with Gasteiger partial charge in [-0.15, -0.1) is 0 Å². The Balaban J connectivity index is 2.38. The Kier molecular flexibility index (Phi) is 2.69. The van der Waals surface area contributed by atoms with Crippen molar-refractivity contribution in [2.24, 2.45) is 5.73 Å². The first-order valence-electron chi connectivity index (χ1n) is 4.91. The lowest BCUT2D eigenvalue weighted by atomic mass is 10.2. The number of hydrogen-bond donors (Lipinski definition) is 2. The number of nitrogens with two attached hydrogens (primary N) is 2. The van der Waals surface area contributed by atoms with Gasteiger partial charge in [0.25, 0.3) is 0 Å². The highest BCUT2D eigenvalue weighted by Gasteiger charge is 2.07. The fourth-order valence-electron chi connectivity index (χ4n) is 1.51. The van der Waals surface area contributed by atoms with Crippen LogP contribution < -0.4 is 11.5 Å². The van der Waals surface area contributed by atoms with E-state index in [9.17, 15) is 0 Å². The van der Waals surface area contributed by atoms with E-state index in [1.54, 1.807) is 10.9 Å². The normalized spacial score (nSPS) is 10.5. The first kappa shape index (κ1) is 9.73. The molecule has 4 nitrogen and oxygen atoms in total. The van der Waals surface area contributed by atoms with Gasteiger partial charge in [0.2, 0.25) is 0 Å². The Morgan fingerprint density at radius 3 is 2.60 bits per heavy atom. The van der Waals surface area contributed by atoms with Gasteiger partial charge in [-0.05, 0) is 25.1 Å². The Morgan fingerprint density at radius 1 is 1.20 bits per heavy atom. The predicted octanol–water partition coefficient (Wildman–Crippen LogP) is 0.956. The Bertz CT molecular complexity index is 433. The number of rotatable bonds is 3. The van der Waals surface area contributed by atoms with Crippen molar-refractivity contribution in [3.63, 3.8) is 0 Å². The van der Waals surface area contributed by atoms with E-state index in [1.165, 1.54) is 0 Å². The summed E-state index contributed by atoms with van der Waals surface area (Å²) in [6, 6.07) is 9.81. The first-order chi connectivity index (χ1) is 7.33. The lowest BCUT2D eigenvalue weighted by Crippen LogP contribution is -2.06. The number of benzene rings is 1. The maximum Gasteiger partial charge on any atom is 0.130 e. The summed E-state index contributed by atoms with van der Waals surface area (Å²) in [6.07, 6.45) is 2.54. The molecule has 1 heterocycles. The topological polar surface area (TPSA) is 69.9 Å². The van der Waals surface area contributed by atoms with Gasteiger partial charge < -0.3 is 11.5 Å². The molecule has 1 aromatic heterocycles. The summed E-state index contributed by atoms with van der Waals surface area (Å²) in [5, 5.41) is 4.24. The monoisotopic (exact) mass is 202 g/mol. The van der Waals surface area contributed by atoms with Crippen LogP contribution in [0.5, 0.6) is 0 Å². The molecule has 0 unspecified atom stereocenters. The largest absolute Gasteiger partial charge is 0.383 e. The van der Waals surface area contributed by atoms with E-state index in [2.05, 4.69) is 5.10 Å². The van der Waals surface area contributed by atoms with Gasteiger partial charge in [-0.3, -0.25) is 0 Å². The summed E-state index contributed by atoms with van der Waals surface area (Å²) in [5.74, 6) is 0.673. The molecule has 0 radical (unpaired) electrons. The Hall–Kier alpha value is -1.81. The zero-order valence-electron chi connectivity index (χ0n) is 8.43. The van der Waals surface area contributed by atoms with Crippen LogP contribution in [0.1, 0.15) is 5.56 Å². The molecular formula is C11H14N4. The third-order valence-corrected chi connectivity index (χ3v) is 2.30. The highest BCUT2D eigenvalue weighted by molar-refractivity contribution is 5.46. The maximum absolute atomic E-state index is 5.97. The number of aromatic nitrogens is 2. The number of anilines is 1. The zero-order chi connectivity index (χ0) is 10.7. The zero-order valence-corrected chi connectivity index (χ0v) is 8.43. The van der Waals surface area contributed by atoms with Gasteiger partial charge in [-0.1, -0.05) is 18.2 Å². The highest BCUT2D eigenvalue weighted by Crippen LogP contribution is 2.16. The highest BCUT2D eigenvalue weighted by atomic mass is 15.3. The van der Waals surface area contributed by atoms with Crippen molar-refractivity contribution in [1.82, 2.24) is 9.78 Å². The van der Waals surface area contributed by atoms with Crippen molar-refractivity contribution in [1.29, 1.82) is 0 Å².